The first-order valence-electron chi connectivity index (χ1n) is 6.93. The van der Waals surface area contributed by atoms with E-state index >= 15 is 0 Å². The molecule has 3 unspecified atom stereocenters. The molecule has 100 valence electrons. The van der Waals surface area contributed by atoms with Crippen LogP contribution in [0.15, 0.2) is 18.3 Å². The summed E-state index contributed by atoms with van der Waals surface area (Å²) < 4.78 is 6.16. The molecule has 1 heterocycles. The molecule has 0 saturated heterocycles. The van der Waals surface area contributed by atoms with E-state index in [4.69, 9.17) is 4.74 Å². The van der Waals surface area contributed by atoms with Crippen molar-refractivity contribution in [3.05, 3.63) is 24.0 Å². The molecule has 18 heavy (non-hydrogen) atoms. The number of hydrogen-bond donors (Lipinski definition) is 1. The maximum atomic E-state index is 6.16. The Balaban J connectivity index is 2.06. The predicted octanol–water partition coefficient (Wildman–Crippen LogP) is 2.94. The highest BCUT2D eigenvalue weighted by atomic mass is 16.5. The van der Waals surface area contributed by atoms with Crippen LogP contribution in [0.3, 0.4) is 0 Å². The summed E-state index contributed by atoms with van der Waals surface area (Å²) in [6.07, 6.45) is 4.33. The second-order valence-electron chi connectivity index (χ2n) is 5.40. The third-order valence-electron chi connectivity index (χ3n) is 4.42. The average molecular weight is 248 g/mol. The lowest BCUT2D eigenvalue weighted by Gasteiger charge is -2.53. The topological polar surface area (TPSA) is 34.1 Å². The third kappa shape index (κ3) is 2.24. The maximum Gasteiger partial charge on any atom is 0.140 e. The molecular formula is C15H24N2O. The van der Waals surface area contributed by atoms with E-state index in [1.165, 1.54) is 0 Å². The van der Waals surface area contributed by atoms with Gasteiger partial charge in [0.15, 0.2) is 0 Å². The quantitative estimate of drug-likeness (QED) is 0.870. The molecule has 0 aromatic carbocycles. The summed E-state index contributed by atoms with van der Waals surface area (Å²) in [4.78, 5) is 4.28. The Morgan fingerprint density at radius 2 is 2.28 bits per heavy atom. The number of nitrogens with one attached hydrogen (secondary N) is 1. The third-order valence-corrected chi connectivity index (χ3v) is 4.42. The van der Waals surface area contributed by atoms with Crippen LogP contribution in [-0.4, -0.2) is 23.7 Å². The Labute approximate surface area is 110 Å². The van der Waals surface area contributed by atoms with Gasteiger partial charge >= 0.3 is 0 Å². The fourth-order valence-electron chi connectivity index (χ4n) is 2.78. The van der Waals surface area contributed by atoms with Gasteiger partial charge in [0, 0.05) is 24.1 Å². The van der Waals surface area contributed by atoms with E-state index in [1.54, 1.807) is 0 Å². The fraction of sp³-hybridized carbons (Fsp3) is 0.667. The van der Waals surface area contributed by atoms with Crippen LogP contribution in [0.4, 0.5) is 0 Å². The number of ether oxygens (including phenoxy) is 1. The normalized spacial score (nSPS) is 30.9. The molecule has 1 N–H and O–H groups in total. The largest absolute Gasteiger partial charge is 0.488 e. The summed E-state index contributed by atoms with van der Waals surface area (Å²) in [5.74, 6) is 0.928. The van der Waals surface area contributed by atoms with Crippen molar-refractivity contribution < 1.29 is 4.74 Å². The molecule has 3 heteroatoms. The Morgan fingerprint density at radius 3 is 2.89 bits per heavy atom. The summed E-state index contributed by atoms with van der Waals surface area (Å²) in [6.45, 7) is 9.75. The van der Waals surface area contributed by atoms with Crippen molar-refractivity contribution >= 4 is 0 Å². The number of aryl methyl sites for hydroxylation is 1. The van der Waals surface area contributed by atoms with Crippen molar-refractivity contribution in [2.45, 2.75) is 52.7 Å². The molecule has 3 nitrogen and oxygen atoms in total. The Hall–Kier alpha value is -1.09. The Bertz CT molecular complexity index is 407. The Morgan fingerprint density at radius 1 is 1.50 bits per heavy atom. The minimum absolute atomic E-state index is 0.234. The molecule has 1 aromatic rings. The van der Waals surface area contributed by atoms with E-state index in [9.17, 15) is 0 Å². The van der Waals surface area contributed by atoms with E-state index in [1.807, 2.05) is 25.3 Å². The van der Waals surface area contributed by atoms with Gasteiger partial charge in [0.2, 0.25) is 0 Å². The van der Waals surface area contributed by atoms with Crippen molar-refractivity contribution in [1.29, 1.82) is 0 Å². The summed E-state index contributed by atoms with van der Waals surface area (Å²) >= 11 is 0. The van der Waals surface area contributed by atoms with Gasteiger partial charge in [-0.25, -0.2) is 0 Å². The highest BCUT2D eigenvalue weighted by Crippen LogP contribution is 2.46. The van der Waals surface area contributed by atoms with Crippen molar-refractivity contribution in [3.8, 4) is 5.75 Å². The highest BCUT2D eigenvalue weighted by molar-refractivity contribution is 5.26. The van der Waals surface area contributed by atoms with E-state index in [-0.39, 0.29) is 5.41 Å². The lowest BCUT2D eigenvalue weighted by molar-refractivity contribution is -0.0701. The molecule has 2 rings (SSSR count). The van der Waals surface area contributed by atoms with Crippen LogP contribution in [0.2, 0.25) is 0 Å². The van der Waals surface area contributed by atoms with Crippen molar-refractivity contribution in [2.24, 2.45) is 5.41 Å². The first-order chi connectivity index (χ1) is 8.61. The number of pyridine rings is 1. The standard InChI is InChI=1S/C15H24N2O/c1-5-15(4)13(16-6-2)10-14(15)18-12-8-7-9-17-11(12)3/h7-9,13-14,16H,5-6,10H2,1-4H3. The van der Waals surface area contributed by atoms with E-state index in [2.05, 4.69) is 31.1 Å². The minimum Gasteiger partial charge on any atom is -0.488 e. The number of nitrogens with zero attached hydrogens (tertiary/aromatic N) is 1. The number of aromatic nitrogens is 1. The molecule has 0 bridgehead atoms. The summed E-state index contributed by atoms with van der Waals surface area (Å²) in [6, 6.07) is 4.53. The van der Waals surface area contributed by atoms with Gasteiger partial charge in [-0.2, -0.15) is 0 Å². The van der Waals surface area contributed by atoms with Gasteiger partial charge in [0.05, 0.1) is 5.69 Å². The molecule has 0 aliphatic heterocycles. The van der Waals surface area contributed by atoms with Crippen LogP contribution < -0.4 is 10.1 Å². The molecule has 0 spiro atoms. The summed E-state index contributed by atoms with van der Waals surface area (Å²) in [5, 5.41) is 3.56. The first-order valence-corrected chi connectivity index (χ1v) is 6.93. The minimum atomic E-state index is 0.234. The fourth-order valence-corrected chi connectivity index (χ4v) is 2.78. The van der Waals surface area contributed by atoms with Gasteiger partial charge in [0.25, 0.3) is 0 Å². The number of rotatable bonds is 5. The van der Waals surface area contributed by atoms with Crippen LogP contribution >= 0.6 is 0 Å². The van der Waals surface area contributed by atoms with Crippen LogP contribution in [0.1, 0.15) is 39.3 Å². The van der Waals surface area contributed by atoms with Crippen LogP contribution in [0.5, 0.6) is 5.75 Å². The SMILES string of the molecule is CCNC1CC(Oc2cccnc2C)C1(C)CC. The van der Waals surface area contributed by atoms with Gasteiger partial charge in [-0.1, -0.05) is 20.8 Å². The van der Waals surface area contributed by atoms with Crippen LogP contribution in [-0.2, 0) is 0 Å². The molecular weight excluding hydrogens is 224 g/mol. The molecule has 1 saturated carbocycles. The van der Waals surface area contributed by atoms with Gasteiger partial charge in [-0.15, -0.1) is 0 Å². The van der Waals surface area contributed by atoms with Gasteiger partial charge in [-0.3, -0.25) is 4.98 Å². The van der Waals surface area contributed by atoms with Gasteiger partial charge in [0.1, 0.15) is 11.9 Å². The lowest BCUT2D eigenvalue weighted by Crippen LogP contribution is -2.63. The van der Waals surface area contributed by atoms with Crippen molar-refractivity contribution in [2.75, 3.05) is 6.54 Å². The second kappa shape index (κ2) is 5.27. The summed E-state index contributed by atoms with van der Waals surface area (Å²) in [5.41, 5.74) is 1.21. The average Bonchev–Trinajstić information content (AvgIpc) is 2.38. The molecule has 1 aromatic heterocycles. The molecule has 0 amide bonds. The van der Waals surface area contributed by atoms with Crippen LogP contribution in [0.25, 0.3) is 0 Å². The van der Waals surface area contributed by atoms with Gasteiger partial charge < -0.3 is 10.1 Å². The second-order valence-corrected chi connectivity index (χ2v) is 5.40. The zero-order valence-corrected chi connectivity index (χ0v) is 11.9. The molecule has 0 radical (unpaired) electrons. The highest BCUT2D eigenvalue weighted by Gasteiger charge is 2.51. The molecule has 1 aliphatic carbocycles. The monoisotopic (exact) mass is 248 g/mol. The van der Waals surface area contributed by atoms with E-state index < -0.39 is 0 Å². The molecule has 3 atom stereocenters. The maximum absolute atomic E-state index is 6.16. The summed E-state index contributed by atoms with van der Waals surface area (Å²) in [7, 11) is 0. The van der Waals surface area contributed by atoms with Crippen molar-refractivity contribution in [1.82, 2.24) is 10.3 Å². The van der Waals surface area contributed by atoms with Crippen LogP contribution in [0, 0.1) is 12.3 Å². The molecule has 1 fully saturated rings. The number of hydrogen-bond acceptors (Lipinski definition) is 3. The lowest BCUT2D eigenvalue weighted by atomic mass is 9.61. The smallest absolute Gasteiger partial charge is 0.140 e. The zero-order chi connectivity index (χ0) is 13.2. The predicted molar refractivity (Wildman–Crippen MR) is 73.9 cm³/mol. The zero-order valence-electron chi connectivity index (χ0n) is 11.9. The van der Waals surface area contributed by atoms with Crippen molar-refractivity contribution in [3.63, 3.8) is 0 Å². The molecule has 1 aliphatic rings. The van der Waals surface area contributed by atoms with E-state index in [0.717, 1.165) is 30.8 Å². The first kappa shape index (κ1) is 13.3. The van der Waals surface area contributed by atoms with Gasteiger partial charge in [-0.05, 0) is 32.0 Å². The Kier molecular flexibility index (Phi) is 3.91. The van der Waals surface area contributed by atoms with E-state index in [0.29, 0.717) is 12.1 Å².